The second kappa shape index (κ2) is 5.40. The van der Waals surface area contributed by atoms with Gasteiger partial charge in [0, 0.05) is 13.6 Å². The standard InChI is InChI=1S/C11H16N2O3/c1-3-6-13(8-10(14)15)11(16)12(2)7-9-4-5-9/h1,9H,4-8H2,2H3,(H,14,15). The van der Waals surface area contributed by atoms with Crippen molar-refractivity contribution in [1.82, 2.24) is 9.80 Å². The molecule has 0 aliphatic heterocycles. The minimum absolute atomic E-state index is 0.0279. The smallest absolute Gasteiger partial charge is 0.323 e. The molecule has 5 heteroatoms. The predicted octanol–water partition coefficient (Wildman–Crippen LogP) is 0.468. The molecule has 1 aliphatic rings. The zero-order valence-electron chi connectivity index (χ0n) is 9.35. The lowest BCUT2D eigenvalue weighted by Crippen LogP contribution is -2.44. The summed E-state index contributed by atoms with van der Waals surface area (Å²) < 4.78 is 0. The van der Waals surface area contributed by atoms with E-state index in [9.17, 15) is 9.59 Å². The summed E-state index contributed by atoms with van der Waals surface area (Å²) in [4.78, 5) is 25.1. The number of nitrogens with zero attached hydrogens (tertiary/aromatic N) is 2. The second-order valence-electron chi connectivity index (χ2n) is 4.06. The average molecular weight is 224 g/mol. The molecule has 2 amide bonds. The summed E-state index contributed by atoms with van der Waals surface area (Å²) in [5, 5.41) is 8.65. The Bertz CT molecular complexity index is 318. The van der Waals surface area contributed by atoms with E-state index in [-0.39, 0.29) is 19.1 Å². The maximum Gasteiger partial charge on any atom is 0.323 e. The first kappa shape index (κ1) is 12.4. The van der Waals surface area contributed by atoms with Gasteiger partial charge >= 0.3 is 12.0 Å². The van der Waals surface area contributed by atoms with Gasteiger partial charge in [0.2, 0.25) is 0 Å². The van der Waals surface area contributed by atoms with Crippen LogP contribution < -0.4 is 0 Å². The molecule has 0 aromatic heterocycles. The van der Waals surface area contributed by atoms with Crippen molar-refractivity contribution in [1.29, 1.82) is 0 Å². The Labute approximate surface area is 95.0 Å². The van der Waals surface area contributed by atoms with E-state index in [1.165, 1.54) is 4.90 Å². The van der Waals surface area contributed by atoms with E-state index >= 15 is 0 Å². The van der Waals surface area contributed by atoms with Crippen LogP contribution in [0.3, 0.4) is 0 Å². The van der Waals surface area contributed by atoms with Gasteiger partial charge in [-0.1, -0.05) is 5.92 Å². The third-order valence-electron chi connectivity index (χ3n) is 2.43. The van der Waals surface area contributed by atoms with Gasteiger partial charge in [0.1, 0.15) is 6.54 Å². The van der Waals surface area contributed by atoms with Crippen LogP contribution in [0.4, 0.5) is 4.79 Å². The van der Waals surface area contributed by atoms with E-state index < -0.39 is 5.97 Å². The lowest BCUT2D eigenvalue weighted by atomic mass is 10.4. The molecule has 16 heavy (non-hydrogen) atoms. The Morgan fingerprint density at radius 1 is 1.50 bits per heavy atom. The van der Waals surface area contributed by atoms with Crippen molar-refractivity contribution >= 4 is 12.0 Å². The van der Waals surface area contributed by atoms with Gasteiger partial charge in [-0.15, -0.1) is 6.42 Å². The van der Waals surface area contributed by atoms with Crippen LogP contribution in [0, 0.1) is 18.3 Å². The van der Waals surface area contributed by atoms with Crippen molar-refractivity contribution in [3.63, 3.8) is 0 Å². The van der Waals surface area contributed by atoms with Crippen molar-refractivity contribution in [2.45, 2.75) is 12.8 Å². The summed E-state index contributed by atoms with van der Waals surface area (Å²) in [6.07, 6.45) is 7.39. The molecular weight excluding hydrogens is 208 g/mol. The SMILES string of the molecule is C#CCN(CC(=O)O)C(=O)N(C)CC1CC1. The highest BCUT2D eigenvalue weighted by atomic mass is 16.4. The third kappa shape index (κ3) is 3.81. The number of hydrogen-bond acceptors (Lipinski definition) is 2. The topological polar surface area (TPSA) is 60.9 Å². The number of rotatable bonds is 5. The number of carbonyl (C=O) groups is 2. The van der Waals surface area contributed by atoms with Gasteiger partial charge < -0.3 is 14.9 Å². The second-order valence-corrected chi connectivity index (χ2v) is 4.06. The van der Waals surface area contributed by atoms with E-state index in [1.54, 1.807) is 7.05 Å². The Hall–Kier alpha value is -1.70. The van der Waals surface area contributed by atoms with Gasteiger partial charge in [-0.2, -0.15) is 0 Å². The van der Waals surface area contributed by atoms with Crippen LogP contribution >= 0.6 is 0 Å². The molecule has 5 nitrogen and oxygen atoms in total. The molecule has 0 radical (unpaired) electrons. The minimum Gasteiger partial charge on any atom is -0.480 e. The highest BCUT2D eigenvalue weighted by Gasteiger charge is 2.27. The van der Waals surface area contributed by atoms with E-state index in [0.29, 0.717) is 12.5 Å². The summed E-state index contributed by atoms with van der Waals surface area (Å²) in [7, 11) is 1.67. The van der Waals surface area contributed by atoms with Gasteiger partial charge in [0.15, 0.2) is 0 Å². The molecule has 0 aromatic rings. The molecule has 1 fully saturated rings. The lowest BCUT2D eigenvalue weighted by Gasteiger charge is -2.25. The first-order valence-electron chi connectivity index (χ1n) is 5.20. The number of carboxylic acid groups (broad SMARTS) is 1. The largest absolute Gasteiger partial charge is 0.480 e. The maximum atomic E-state index is 11.8. The molecule has 1 N–H and O–H groups in total. The molecule has 0 heterocycles. The van der Waals surface area contributed by atoms with Crippen molar-refractivity contribution in [3.05, 3.63) is 0 Å². The highest BCUT2D eigenvalue weighted by molar-refractivity contribution is 5.80. The van der Waals surface area contributed by atoms with Crippen LogP contribution in [-0.4, -0.2) is 53.6 Å². The number of terminal acetylenes is 1. The molecule has 0 unspecified atom stereocenters. The summed E-state index contributed by atoms with van der Waals surface area (Å²) >= 11 is 0. The van der Waals surface area contributed by atoms with E-state index in [4.69, 9.17) is 11.5 Å². The molecule has 88 valence electrons. The van der Waals surface area contributed by atoms with Crippen LogP contribution in [0.2, 0.25) is 0 Å². The summed E-state index contributed by atoms with van der Waals surface area (Å²) in [6.45, 7) is 0.359. The van der Waals surface area contributed by atoms with E-state index in [1.807, 2.05) is 0 Å². The van der Waals surface area contributed by atoms with Crippen LogP contribution in [0.15, 0.2) is 0 Å². The van der Waals surface area contributed by atoms with Crippen molar-refractivity contribution in [2.24, 2.45) is 5.92 Å². The number of urea groups is 1. The lowest BCUT2D eigenvalue weighted by molar-refractivity contribution is -0.137. The zero-order chi connectivity index (χ0) is 12.1. The normalized spacial score (nSPS) is 14.0. The van der Waals surface area contributed by atoms with Crippen LogP contribution in [0.1, 0.15) is 12.8 Å². The van der Waals surface area contributed by atoms with Gasteiger partial charge in [0.05, 0.1) is 6.54 Å². The quantitative estimate of drug-likeness (QED) is 0.690. The predicted molar refractivity (Wildman–Crippen MR) is 58.8 cm³/mol. The van der Waals surface area contributed by atoms with Gasteiger partial charge in [0.25, 0.3) is 0 Å². The fourth-order valence-corrected chi connectivity index (χ4v) is 1.47. The number of carbonyl (C=O) groups excluding carboxylic acids is 1. The molecule has 0 atom stereocenters. The van der Waals surface area contributed by atoms with Crippen LogP contribution in [0.25, 0.3) is 0 Å². The van der Waals surface area contributed by atoms with Crippen LogP contribution in [0.5, 0.6) is 0 Å². The molecule has 0 saturated heterocycles. The Kier molecular flexibility index (Phi) is 4.18. The Balaban J connectivity index is 2.50. The van der Waals surface area contributed by atoms with E-state index in [0.717, 1.165) is 17.7 Å². The molecule has 1 rings (SSSR count). The van der Waals surface area contributed by atoms with Gasteiger partial charge in [-0.25, -0.2) is 4.79 Å². The zero-order valence-corrected chi connectivity index (χ0v) is 9.35. The van der Waals surface area contributed by atoms with Crippen molar-refractivity contribution in [2.75, 3.05) is 26.7 Å². The monoisotopic (exact) mass is 224 g/mol. The number of carboxylic acids is 1. The molecule has 1 saturated carbocycles. The van der Waals surface area contributed by atoms with Crippen molar-refractivity contribution in [3.8, 4) is 12.3 Å². The number of amides is 2. The summed E-state index contributed by atoms with van der Waals surface area (Å²) in [5.74, 6) is 1.82. The number of aliphatic carboxylic acids is 1. The third-order valence-corrected chi connectivity index (χ3v) is 2.43. The Morgan fingerprint density at radius 2 is 2.12 bits per heavy atom. The van der Waals surface area contributed by atoms with Crippen molar-refractivity contribution < 1.29 is 14.7 Å². The fraction of sp³-hybridized carbons (Fsp3) is 0.636. The molecule has 0 spiro atoms. The van der Waals surface area contributed by atoms with Gasteiger partial charge in [-0.3, -0.25) is 4.79 Å². The maximum absolute atomic E-state index is 11.8. The summed E-state index contributed by atoms with van der Waals surface area (Å²) in [5.41, 5.74) is 0. The first-order chi connectivity index (χ1) is 7.54. The molecule has 0 bridgehead atoms. The van der Waals surface area contributed by atoms with E-state index in [2.05, 4.69) is 5.92 Å². The highest BCUT2D eigenvalue weighted by Crippen LogP contribution is 2.29. The van der Waals surface area contributed by atoms with Gasteiger partial charge in [-0.05, 0) is 18.8 Å². The first-order valence-corrected chi connectivity index (χ1v) is 5.20. The Morgan fingerprint density at radius 3 is 2.56 bits per heavy atom. The summed E-state index contributed by atoms with van der Waals surface area (Å²) in [6, 6.07) is -0.313. The molecule has 1 aliphatic carbocycles. The van der Waals surface area contributed by atoms with Crippen LogP contribution in [-0.2, 0) is 4.79 Å². The number of hydrogen-bond donors (Lipinski definition) is 1. The minimum atomic E-state index is -1.05. The molecular formula is C11H16N2O3. The molecule has 0 aromatic carbocycles. The fourth-order valence-electron chi connectivity index (χ4n) is 1.47. The average Bonchev–Trinajstić information content (AvgIpc) is 2.99.